The molecule has 0 amide bonds. The fraction of sp³-hybridized carbons (Fsp3) is 0.429. The summed E-state index contributed by atoms with van der Waals surface area (Å²) < 4.78 is 5.87. The first kappa shape index (κ1) is 12.1. The van der Waals surface area contributed by atoms with E-state index in [-0.39, 0.29) is 0 Å². The molecule has 0 aliphatic heterocycles. The number of likely N-dealkylation sites (N-methyl/N-ethyl adjacent to an activating group) is 2. The molecule has 0 radical (unpaired) electrons. The zero-order chi connectivity index (χ0) is 12.3. The smallest absolute Gasteiger partial charge is 0.134 e. The molecule has 0 aliphatic carbocycles. The van der Waals surface area contributed by atoms with Crippen molar-refractivity contribution in [2.45, 2.75) is 13.0 Å². The number of benzene rings is 1. The number of nitrogens with zero attached hydrogens (tertiary/aromatic N) is 1. The fourth-order valence-electron chi connectivity index (χ4n) is 1.91. The predicted octanol–water partition coefficient (Wildman–Crippen LogP) is 2.65. The van der Waals surface area contributed by atoms with Crippen LogP contribution in [0.4, 0.5) is 0 Å². The van der Waals surface area contributed by atoms with Crippen LogP contribution in [-0.2, 0) is 0 Å². The second-order valence-corrected chi connectivity index (χ2v) is 4.45. The van der Waals surface area contributed by atoms with Gasteiger partial charge in [-0.25, -0.2) is 0 Å². The van der Waals surface area contributed by atoms with Gasteiger partial charge >= 0.3 is 0 Å². The van der Waals surface area contributed by atoms with E-state index in [0.29, 0.717) is 6.04 Å². The van der Waals surface area contributed by atoms with Crippen molar-refractivity contribution in [3.05, 3.63) is 36.1 Å². The standard InChI is InChI=1S/C14H20N2O/c1-11(16(3)9-8-15-2)14-10-12-6-4-5-7-13(12)17-14/h4-7,10-11,15H,8-9H2,1-3H3. The molecular formula is C14H20N2O. The first-order valence-corrected chi connectivity index (χ1v) is 6.05. The van der Waals surface area contributed by atoms with Crippen LogP contribution in [0.1, 0.15) is 18.7 Å². The van der Waals surface area contributed by atoms with E-state index in [4.69, 9.17) is 4.42 Å². The third-order valence-electron chi connectivity index (χ3n) is 3.23. The number of para-hydroxylation sites is 1. The highest BCUT2D eigenvalue weighted by Crippen LogP contribution is 2.26. The normalized spacial score (nSPS) is 13.4. The summed E-state index contributed by atoms with van der Waals surface area (Å²) in [6, 6.07) is 10.6. The number of nitrogens with one attached hydrogen (secondary N) is 1. The van der Waals surface area contributed by atoms with Gasteiger partial charge in [0, 0.05) is 18.5 Å². The maximum atomic E-state index is 5.87. The molecule has 0 spiro atoms. The Hall–Kier alpha value is -1.32. The van der Waals surface area contributed by atoms with E-state index in [1.165, 1.54) is 5.39 Å². The van der Waals surface area contributed by atoms with Gasteiger partial charge in [0.2, 0.25) is 0 Å². The summed E-state index contributed by atoms with van der Waals surface area (Å²) in [5.74, 6) is 1.03. The largest absolute Gasteiger partial charge is 0.459 e. The van der Waals surface area contributed by atoms with Gasteiger partial charge in [-0.05, 0) is 33.2 Å². The van der Waals surface area contributed by atoms with Crippen molar-refractivity contribution in [1.29, 1.82) is 0 Å². The van der Waals surface area contributed by atoms with Crippen LogP contribution in [0.2, 0.25) is 0 Å². The molecule has 0 saturated carbocycles. The molecule has 92 valence electrons. The molecule has 1 atom stereocenters. The van der Waals surface area contributed by atoms with Crippen LogP contribution in [0, 0.1) is 0 Å². The average molecular weight is 232 g/mol. The summed E-state index contributed by atoms with van der Waals surface area (Å²) in [5, 5.41) is 4.34. The minimum absolute atomic E-state index is 0.302. The number of fused-ring (bicyclic) bond motifs is 1. The number of rotatable bonds is 5. The predicted molar refractivity (Wildman–Crippen MR) is 71.2 cm³/mol. The Morgan fingerprint density at radius 1 is 1.35 bits per heavy atom. The van der Waals surface area contributed by atoms with Crippen LogP contribution >= 0.6 is 0 Å². The minimum Gasteiger partial charge on any atom is -0.459 e. The van der Waals surface area contributed by atoms with Crippen LogP contribution in [0.25, 0.3) is 11.0 Å². The van der Waals surface area contributed by atoms with Crippen molar-refractivity contribution in [2.24, 2.45) is 0 Å². The van der Waals surface area contributed by atoms with E-state index in [0.717, 1.165) is 24.4 Å². The summed E-state index contributed by atoms with van der Waals surface area (Å²) in [7, 11) is 4.09. The Kier molecular flexibility index (Phi) is 3.82. The second kappa shape index (κ2) is 5.34. The Labute approximate surface area is 102 Å². The molecule has 0 saturated heterocycles. The molecule has 0 fully saturated rings. The number of hydrogen-bond donors (Lipinski definition) is 1. The van der Waals surface area contributed by atoms with Crippen molar-refractivity contribution >= 4 is 11.0 Å². The summed E-state index contributed by atoms with van der Waals surface area (Å²) >= 11 is 0. The minimum atomic E-state index is 0.302. The summed E-state index contributed by atoms with van der Waals surface area (Å²) in [5.41, 5.74) is 0.969. The maximum absolute atomic E-state index is 5.87. The van der Waals surface area contributed by atoms with Crippen LogP contribution in [-0.4, -0.2) is 32.1 Å². The quantitative estimate of drug-likeness (QED) is 0.859. The first-order valence-electron chi connectivity index (χ1n) is 6.05. The lowest BCUT2D eigenvalue weighted by Gasteiger charge is -2.22. The van der Waals surface area contributed by atoms with Crippen molar-refractivity contribution in [2.75, 3.05) is 27.2 Å². The van der Waals surface area contributed by atoms with Gasteiger partial charge in [0.05, 0.1) is 6.04 Å². The highest BCUT2D eigenvalue weighted by Gasteiger charge is 2.15. The topological polar surface area (TPSA) is 28.4 Å². The molecule has 1 aromatic heterocycles. The van der Waals surface area contributed by atoms with Gasteiger partial charge < -0.3 is 9.73 Å². The van der Waals surface area contributed by atoms with E-state index in [9.17, 15) is 0 Å². The second-order valence-electron chi connectivity index (χ2n) is 4.45. The van der Waals surface area contributed by atoms with E-state index < -0.39 is 0 Å². The molecule has 17 heavy (non-hydrogen) atoms. The SMILES string of the molecule is CNCCN(C)C(C)c1cc2ccccc2o1. The van der Waals surface area contributed by atoms with Gasteiger partial charge in [-0.3, -0.25) is 4.90 Å². The van der Waals surface area contributed by atoms with Crippen LogP contribution in [0.5, 0.6) is 0 Å². The molecule has 0 aliphatic rings. The summed E-state index contributed by atoms with van der Waals surface area (Å²) in [6.07, 6.45) is 0. The Morgan fingerprint density at radius 3 is 2.82 bits per heavy atom. The van der Waals surface area contributed by atoms with E-state index in [1.807, 2.05) is 25.2 Å². The lowest BCUT2D eigenvalue weighted by molar-refractivity contribution is 0.236. The van der Waals surface area contributed by atoms with E-state index >= 15 is 0 Å². The van der Waals surface area contributed by atoms with Crippen molar-refractivity contribution in [3.8, 4) is 0 Å². The third-order valence-corrected chi connectivity index (χ3v) is 3.23. The Morgan fingerprint density at radius 2 is 2.12 bits per heavy atom. The van der Waals surface area contributed by atoms with Gasteiger partial charge in [0.25, 0.3) is 0 Å². The molecule has 2 rings (SSSR count). The number of furan rings is 1. The van der Waals surface area contributed by atoms with E-state index in [1.54, 1.807) is 0 Å². The molecule has 3 nitrogen and oxygen atoms in total. The maximum Gasteiger partial charge on any atom is 0.134 e. The lowest BCUT2D eigenvalue weighted by Crippen LogP contribution is -2.29. The fourth-order valence-corrected chi connectivity index (χ4v) is 1.91. The van der Waals surface area contributed by atoms with E-state index in [2.05, 4.69) is 36.3 Å². The molecule has 3 heteroatoms. The molecule has 1 unspecified atom stereocenters. The highest BCUT2D eigenvalue weighted by atomic mass is 16.3. The van der Waals surface area contributed by atoms with Crippen molar-refractivity contribution in [3.63, 3.8) is 0 Å². The van der Waals surface area contributed by atoms with Crippen LogP contribution < -0.4 is 5.32 Å². The lowest BCUT2D eigenvalue weighted by atomic mass is 10.2. The third kappa shape index (κ3) is 2.68. The molecule has 2 aromatic rings. The van der Waals surface area contributed by atoms with Gasteiger partial charge in [-0.1, -0.05) is 18.2 Å². The number of hydrogen-bond acceptors (Lipinski definition) is 3. The highest BCUT2D eigenvalue weighted by molar-refractivity contribution is 5.77. The van der Waals surface area contributed by atoms with Gasteiger partial charge in [-0.15, -0.1) is 0 Å². The zero-order valence-corrected chi connectivity index (χ0v) is 10.7. The zero-order valence-electron chi connectivity index (χ0n) is 10.7. The first-order chi connectivity index (χ1) is 8.22. The summed E-state index contributed by atoms with van der Waals surface area (Å²) in [6.45, 7) is 4.17. The monoisotopic (exact) mass is 232 g/mol. The van der Waals surface area contributed by atoms with Gasteiger partial charge in [0.15, 0.2) is 0 Å². The van der Waals surface area contributed by atoms with Crippen molar-refractivity contribution < 1.29 is 4.42 Å². The molecule has 1 N–H and O–H groups in total. The van der Waals surface area contributed by atoms with Crippen LogP contribution in [0.15, 0.2) is 34.7 Å². The Bertz CT molecular complexity index is 445. The van der Waals surface area contributed by atoms with Crippen LogP contribution in [0.3, 0.4) is 0 Å². The average Bonchev–Trinajstić information content (AvgIpc) is 2.78. The Balaban J connectivity index is 2.15. The summed E-state index contributed by atoms with van der Waals surface area (Å²) in [4.78, 5) is 2.29. The van der Waals surface area contributed by atoms with Gasteiger partial charge in [0.1, 0.15) is 11.3 Å². The van der Waals surface area contributed by atoms with Crippen molar-refractivity contribution in [1.82, 2.24) is 10.2 Å². The van der Waals surface area contributed by atoms with Gasteiger partial charge in [-0.2, -0.15) is 0 Å². The molecule has 1 heterocycles. The molecular weight excluding hydrogens is 212 g/mol. The molecule has 1 aromatic carbocycles. The molecule has 0 bridgehead atoms.